The Bertz CT molecular complexity index is 689. The van der Waals surface area contributed by atoms with Gasteiger partial charge in [-0.1, -0.05) is 30.3 Å². The third kappa shape index (κ3) is 1.72. The first kappa shape index (κ1) is 10.8. The first-order chi connectivity index (χ1) is 8.75. The minimum absolute atomic E-state index is 0.610. The van der Waals surface area contributed by atoms with E-state index in [9.17, 15) is 5.21 Å². The van der Waals surface area contributed by atoms with Crippen LogP contribution in [0.5, 0.6) is 0 Å². The minimum Gasteiger partial charge on any atom is -0.711 e. The summed E-state index contributed by atoms with van der Waals surface area (Å²) in [6.45, 7) is 2.58. The lowest BCUT2D eigenvalue weighted by Crippen LogP contribution is -2.28. The zero-order chi connectivity index (χ0) is 12.5. The lowest BCUT2D eigenvalue weighted by molar-refractivity contribution is -0.580. The molecule has 0 saturated heterocycles. The van der Waals surface area contributed by atoms with Crippen molar-refractivity contribution in [2.75, 3.05) is 0 Å². The molecular formula is C14H13N3O. The average Bonchev–Trinajstić information content (AvgIpc) is 2.69. The second-order valence-electron chi connectivity index (χ2n) is 4.27. The quantitative estimate of drug-likeness (QED) is 0.507. The van der Waals surface area contributed by atoms with Crippen LogP contribution in [0.25, 0.3) is 11.2 Å². The Balaban J connectivity index is 2.14. The van der Waals surface area contributed by atoms with Crippen LogP contribution >= 0.6 is 0 Å². The zero-order valence-corrected chi connectivity index (χ0v) is 10.1. The van der Waals surface area contributed by atoms with Gasteiger partial charge in [0.15, 0.2) is 11.3 Å². The number of hydrogen-bond acceptors (Lipinski definition) is 2. The standard InChI is InChI=1S/C14H13N3O/c1-11-15-13-8-5-9-17(18)14(13)16(11)10-12-6-3-2-4-7-12/h2-9H,10H2,1H3. The van der Waals surface area contributed by atoms with Crippen molar-refractivity contribution in [2.45, 2.75) is 13.5 Å². The number of hydrogen-bond donors (Lipinski definition) is 0. The maximum atomic E-state index is 11.9. The van der Waals surface area contributed by atoms with E-state index >= 15 is 0 Å². The van der Waals surface area contributed by atoms with Crippen molar-refractivity contribution in [3.63, 3.8) is 0 Å². The van der Waals surface area contributed by atoms with E-state index in [0.29, 0.717) is 12.2 Å². The largest absolute Gasteiger partial charge is 0.711 e. The highest BCUT2D eigenvalue weighted by atomic mass is 16.5. The summed E-state index contributed by atoms with van der Waals surface area (Å²) < 4.78 is 2.82. The minimum atomic E-state index is 0.610. The molecule has 18 heavy (non-hydrogen) atoms. The first-order valence-electron chi connectivity index (χ1n) is 5.84. The monoisotopic (exact) mass is 239 g/mol. The fraction of sp³-hybridized carbons (Fsp3) is 0.143. The van der Waals surface area contributed by atoms with Gasteiger partial charge in [0, 0.05) is 6.92 Å². The van der Waals surface area contributed by atoms with Crippen LogP contribution in [0.2, 0.25) is 0 Å². The van der Waals surface area contributed by atoms with E-state index in [1.54, 1.807) is 6.07 Å². The molecule has 0 radical (unpaired) electrons. The molecule has 0 aliphatic rings. The molecule has 3 rings (SSSR count). The molecule has 4 heteroatoms. The molecule has 0 N–H and O–H groups in total. The SMILES string of the molecule is Cc1nc2ccc[n+]([O-])c2n1Cc1ccccc1. The van der Waals surface area contributed by atoms with Crippen molar-refractivity contribution in [3.05, 3.63) is 65.3 Å². The van der Waals surface area contributed by atoms with Gasteiger partial charge < -0.3 is 5.21 Å². The summed E-state index contributed by atoms with van der Waals surface area (Å²) in [6, 6.07) is 13.6. The highest BCUT2D eigenvalue weighted by Gasteiger charge is 2.16. The molecule has 0 aliphatic heterocycles. The van der Waals surface area contributed by atoms with Crippen LogP contribution in [0, 0.1) is 12.1 Å². The molecule has 0 bridgehead atoms. The number of pyridine rings is 1. The summed E-state index contributed by atoms with van der Waals surface area (Å²) in [6.07, 6.45) is 1.50. The molecule has 0 atom stereocenters. The molecular weight excluding hydrogens is 226 g/mol. The van der Waals surface area contributed by atoms with Gasteiger partial charge in [-0.15, -0.1) is 0 Å². The maximum absolute atomic E-state index is 11.9. The van der Waals surface area contributed by atoms with E-state index in [1.807, 2.05) is 47.9 Å². The summed E-state index contributed by atoms with van der Waals surface area (Å²) in [5.74, 6) is 0.852. The molecule has 2 heterocycles. The van der Waals surface area contributed by atoms with E-state index in [0.717, 1.165) is 21.6 Å². The van der Waals surface area contributed by atoms with Crippen molar-refractivity contribution >= 4 is 11.2 Å². The number of aromatic nitrogens is 3. The van der Waals surface area contributed by atoms with Crippen LogP contribution in [0.4, 0.5) is 0 Å². The molecule has 90 valence electrons. The van der Waals surface area contributed by atoms with Gasteiger partial charge in [0.05, 0.1) is 6.20 Å². The number of nitrogens with zero attached hydrogens (tertiary/aromatic N) is 3. The zero-order valence-electron chi connectivity index (χ0n) is 10.1. The smallest absolute Gasteiger partial charge is 0.312 e. The Hall–Kier alpha value is -2.36. The Morgan fingerprint density at radius 2 is 1.94 bits per heavy atom. The number of fused-ring (bicyclic) bond motifs is 1. The van der Waals surface area contributed by atoms with Crippen LogP contribution in [-0.2, 0) is 6.54 Å². The van der Waals surface area contributed by atoms with Gasteiger partial charge in [-0.25, -0.2) is 14.3 Å². The lowest BCUT2D eigenvalue weighted by atomic mass is 10.2. The Kier molecular flexibility index (Phi) is 2.48. The van der Waals surface area contributed by atoms with Crippen LogP contribution < -0.4 is 4.73 Å². The molecule has 1 aromatic carbocycles. The molecule has 0 amide bonds. The summed E-state index contributed by atoms with van der Waals surface area (Å²) in [5.41, 5.74) is 2.50. The fourth-order valence-corrected chi connectivity index (χ4v) is 2.16. The van der Waals surface area contributed by atoms with E-state index < -0.39 is 0 Å². The Labute approximate surface area is 105 Å². The number of benzene rings is 1. The average molecular weight is 239 g/mol. The Morgan fingerprint density at radius 1 is 1.17 bits per heavy atom. The second-order valence-corrected chi connectivity index (χ2v) is 4.27. The molecule has 0 saturated carbocycles. The van der Waals surface area contributed by atoms with Crippen LogP contribution in [0.1, 0.15) is 11.4 Å². The van der Waals surface area contributed by atoms with Gasteiger partial charge >= 0.3 is 5.65 Å². The van der Waals surface area contributed by atoms with Gasteiger partial charge in [-0.2, -0.15) is 0 Å². The maximum Gasteiger partial charge on any atom is 0.312 e. The molecule has 0 aliphatic carbocycles. The van der Waals surface area contributed by atoms with Crippen molar-refractivity contribution in [3.8, 4) is 0 Å². The molecule has 0 spiro atoms. The van der Waals surface area contributed by atoms with Crippen molar-refractivity contribution in [1.82, 2.24) is 9.55 Å². The number of rotatable bonds is 2. The highest BCUT2D eigenvalue weighted by Crippen LogP contribution is 2.13. The fourth-order valence-electron chi connectivity index (χ4n) is 2.16. The molecule has 3 aromatic rings. The third-order valence-corrected chi connectivity index (χ3v) is 3.03. The van der Waals surface area contributed by atoms with Crippen LogP contribution in [0.3, 0.4) is 0 Å². The number of imidazole rings is 1. The van der Waals surface area contributed by atoms with Crippen molar-refractivity contribution in [1.29, 1.82) is 0 Å². The molecule has 2 aromatic heterocycles. The van der Waals surface area contributed by atoms with Gasteiger partial charge in [0.1, 0.15) is 6.54 Å². The third-order valence-electron chi connectivity index (χ3n) is 3.03. The molecule has 0 unspecified atom stereocenters. The normalized spacial score (nSPS) is 10.9. The molecule has 4 nitrogen and oxygen atoms in total. The van der Waals surface area contributed by atoms with Gasteiger partial charge in [0.2, 0.25) is 0 Å². The van der Waals surface area contributed by atoms with Gasteiger partial charge in [-0.05, 0) is 17.7 Å². The predicted octanol–water partition coefficient (Wildman–Crippen LogP) is 2.03. The predicted molar refractivity (Wildman–Crippen MR) is 69.0 cm³/mol. The lowest BCUT2D eigenvalue weighted by Gasteiger charge is -2.05. The van der Waals surface area contributed by atoms with E-state index in [1.165, 1.54) is 6.20 Å². The van der Waals surface area contributed by atoms with Crippen molar-refractivity contribution < 1.29 is 4.73 Å². The topological polar surface area (TPSA) is 44.8 Å². The molecule has 0 fully saturated rings. The Morgan fingerprint density at radius 3 is 2.72 bits per heavy atom. The van der Waals surface area contributed by atoms with E-state index in [-0.39, 0.29) is 0 Å². The summed E-state index contributed by atoms with van der Waals surface area (Å²) in [7, 11) is 0. The van der Waals surface area contributed by atoms with E-state index in [4.69, 9.17) is 0 Å². The van der Waals surface area contributed by atoms with E-state index in [2.05, 4.69) is 4.98 Å². The van der Waals surface area contributed by atoms with Crippen LogP contribution in [-0.4, -0.2) is 9.55 Å². The summed E-state index contributed by atoms with van der Waals surface area (Å²) in [5, 5.41) is 11.9. The van der Waals surface area contributed by atoms with Crippen LogP contribution in [0.15, 0.2) is 48.7 Å². The highest BCUT2D eigenvalue weighted by molar-refractivity contribution is 5.68. The first-order valence-corrected chi connectivity index (χ1v) is 5.84. The number of aryl methyl sites for hydroxylation is 1. The van der Waals surface area contributed by atoms with Gasteiger partial charge in [0.25, 0.3) is 0 Å². The van der Waals surface area contributed by atoms with Gasteiger partial charge in [-0.3, -0.25) is 0 Å². The summed E-state index contributed by atoms with van der Waals surface area (Å²) >= 11 is 0. The second kappa shape index (κ2) is 4.14. The van der Waals surface area contributed by atoms with Crippen molar-refractivity contribution in [2.24, 2.45) is 0 Å². The summed E-state index contributed by atoms with van der Waals surface area (Å²) in [4.78, 5) is 4.41.